The van der Waals surface area contributed by atoms with Crippen molar-refractivity contribution in [3.8, 4) is 0 Å². The maximum atomic E-state index is 12.4. The summed E-state index contributed by atoms with van der Waals surface area (Å²) in [6, 6.07) is 9.91. The van der Waals surface area contributed by atoms with Gasteiger partial charge >= 0.3 is 11.9 Å². The summed E-state index contributed by atoms with van der Waals surface area (Å²) in [6.07, 6.45) is 2.62. The normalized spacial score (nSPS) is 27.2. The van der Waals surface area contributed by atoms with Crippen molar-refractivity contribution in [2.24, 2.45) is 0 Å². The topological polar surface area (TPSA) is 71.1 Å². The third-order valence-electron chi connectivity index (χ3n) is 5.15. The van der Waals surface area contributed by atoms with Crippen LogP contribution in [0.3, 0.4) is 0 Å². The number of fused-ring (bicyclic) bond motifs is 2. The molecule has 1 aromatic rings. The van der Waals surface area contributed by atoms with E-state index in [1.165, 1.54) is 14.0 Å². The standard InChI is InChI=1S/C21H26O6/c1-15(22)26-17-12-21(14-25-13-16-8-5-4-6-9-16)11-7-10-20(2,27-21)18(17)19(23)24-3/h4-6,8-9H,7,10-14H2,1-3H3/t20-,21+/m1/s1. The fourth-order valence-corrected chi connectivity index (χ4v) is 4.08. The highest BCUT2D eigenvalue weighted by Gasteiger charge is 2.54. The molecule has 146 valence electrons. The molecule has 1 saturated heterocycles. The van der Waals surface area contributed by atoms with Crippen molar-refractivity contribution in [1.82, 2.24) is 0 Å². The molecule has 1 aromatic carbocycles. The molecule has 2 heterocycles. The van der Waals surface area contributed by atoms with E-state index >= 15 is 0 Å². The molecule has 27 heavy (non-hydrogen) atoms. The van der Waals surface area contributed by atoms with Crippen molar-refractivity contribution >= 4 is 11.9 Å². The second kappa shape index (κ2) is 7.82. The average Bonchev–Trinajstić information content (AvgIpc) is 2.61. The summed E-state index contributed by atoms with van der Waals surface area (Å²) >= 11 is 0. The van der Waals surface area contributed by atoms with E-state index in [9.17, 15) is 9.59 Å². The lowest BCUT2D eigenvalue weighted by Crippen LogP contribution is -2.56. The molecule has 2 atom stereocenters. The Hall–Kier alpha value is -2.18. The molecule has 0 spiro atoms. The molecule has 6 nitrogen and oxygen atoms in total. The molecule has 0 N–H and O–H groups in total. The monoisotopic (exact) mass is 374 g/mol. The number of methoxy groups -OCH3 is 1. The Morgan fingerprint density at radius 3 is 2.59 bits per heavy atom. The molecule has 0 aliphatic carbocycles. The van der Waals surface area contributed by atoms with E-state index in [1.807, 2.05) is 37.3 Å². The molecular formula is C21H26O6. The molecule has 0 unspecified atom stereocenters. The van der Waals surface area contributed by atoms with Crippen LogP contribution in [0.1, 0.15) is 45.1 Å². The van der Waals surface area contributed by atoms with E-state index in [-0.39, 0.29) is 0 Å². The van der Waals surface area contributed by atoms with Gasteiger partial charge in [-0.05, 0) is 31.7 Å². The van der Waals surface area contributed by atoms with Crippen LogP contribution in [0, 0.1) is 0 Å². The Labute approximate surface area is 159 Å². The van der Waals surface area contributed by atoms with Crippen LogP contribution >= 0.6 is 0 Å². The highest BCUT2D eigenvalue weighted by Crippen LogP contribution is 2.49. The summed E-state index contributed by atoms with van der Waals surface area (Å²) in [7, 11) is 1.32. The van der Waals surface area contributed by atoms with E-state index in [0.717, 1.165) is 18.4 Å². The van der Waals surface area contributed by atoms with Crippen LogP contribution in [0.5, 0.6) is 0 Å². The summed E-state index contributed by atoms with van der Waals surface area (Å²) in [4.78, 5) is 24.0. The Balaban J connectivity index is 1.83. The number of rotatable bonds is 6. The van der Waals surface area contributed by atoms with Gasteiger partial charge in [-0.15, -0.1) is 0 Å². The van der Waals surface area contributed by atoms with Gasteiger partial charge in [0.1, 0.15) is 16.9 Å². The van der Waals surface area contributed by atoms with Gasteiger partial charge in [-0.3, -0.25) is 4.79 Å². The smallest absolute Gasteiger partial charge is 0.340 e. The lowest BCUT2D eigenvalue weighted by molar-refractivity contribution is -0.210. The minimum absolute atomic E-state index is 0.304. The highest BCUT2D eigenvalue weighted by atomic mass is 16.6. The molecular weight excluding hydrogens is 348 g/mol. The van der Waals surface area contributed by atoms with Gasteiger partial charge in [0.05, 0.1) is 25.9 Å². The van der Waals surface area contributed by atoms with Crippen LogP contribution in [0.25, 0.3) is 0 Å². The molecule has 3 rings (SSSR count). The summed E-state index contributed by atoms with van der Waals surface area (Å²) in [5.41, 5.74) is -0.0953. The van der Waals surface area contributed by atoms with E-state index in [4.69, 9.17) is 18.9 Å². The zero-order valence-corrected chi connectivity index (χ0v) is 16.1. The van der Waals surface area contributed by atoms with Crippen molar-refractivity contribution in [2.45, 2.75) is 57.3 Å². The van der Waals surface area contributed by atoms with Crippen LogP contribution < -0.4 is 0 Å². The number of esters is 2. The van der Waals surface area contributed by atoms with Gasteiger partial charge in [0, 0.05) is 13.3 Å². The fourth-order valence-electron chi connectivity index (χ4n) is 4.08. The number of benzene rings is 1. The van der Waals surface area contributed by atoms with E-state index in [2.05, 4.69) is 0 Å². The first-order chi connectivity index (χ1) is 12.9. The van der Waals surface area contributed by atoms with Gasteiger partial charge in [-0.1, -0.05) is 30.3 Å². The molecule has 0 amide bonds. The first kappa shape index (κ1) is 19.6. The third kappa shape index (κ3) is 4.22. The first-order valence-electron chi connectivity index (χ1n) is 9.20. The molecule has 0 radical (unpaired) electrons. The molecule has 1 fully saturated rings. The van der Waals surface area contributed by atoms with Gasteiger partial charge in [-0.25, -0.2) is 4.79 Å². The summed E-state index contributed by atoms with van der Waals surface area (Å²) in [6.45, 7) is 4.01. The minimum atomic E-state index is -0.857. The van der Waals surface area contributed by atoms with Gasteiger partial charge in [0.15, 0.2) is 0 Å². The Morgan fingerprint density at radius 2 is 1.93 bits per heavy atom. The van der Waals surface area contributed by atoms with E-state index in [0.29, 0.717) is 37.4 Å². The predicted octanol–water partition coefficient (Wildman–Crippen LogP) is 3.30. The van der Waals surface area contributed by atoms with Crippen LogP contribution in [0.2, 0.25) is 0 Å². The third-order valence-corrected chi connectivity index (χ3v) is 5.15. The van der Waals surface area contributed by atoms with Crippen molar-refractivity contribution in [3.05, 3.63) is 47.2 Å². The maximum absolute atomic E-state index is 12.4. The SMILES string of the molecule is COC(=O)C1=C(OC(C)=O)C[C@]2(COCc3ccccc3)CCC[C@@]1(C)O2. The Morgan fingerprint density at radius 1 is 1.19 bits per heavy atom. The van der Waals surface area contributed by atoms with Crippen molar-refractivity contribution in [1.29, 1.82) is 0 Å². The Kier molecular flexibility index (Phi) is 5.67. The van der Waals surface area contributed by atoms with Gasteiger partial charge in [-0.2, -0.15) is 0 Å². The lowest BCUT2D eigenvalue weighted by atomic mass is 9.75. The largest absolute Gasteiger partial charge is 0.465 e. The number of carbonyl (C=O) groups excluding carboxylic acids is 2. The lowest BCUT2D eigenvalue weighted by Gasteiger charge is -2.51. The average molecular weight is 374 g/mol. The molecule has 0 saturated carbocycles. The molecule has 2 aliphatic heterocycles. The minimum Gasteiger partial charge on any atom is -0.465 e. The highest BCUT2D eigenvalue weighted by molar-refractivity contribution is 5.92. The Bertz CT molecular complexity index is 740. The van der Waals surface area contributed by atoms with Gasteiger partial charge < -0.3 is 18.9 Å². The van der Waals surface area contributed by atoms with Crippen LogP contribution in [0.15, 0.2) is 41.7 Å². The molecule has 2 aliphatic rings. The number of hydrogen-bond donors (Lipinski definition) is 0. The second-order valence-corrected chi connectivity index (χ2v) is 7.41. The second-order valence-electron chi connectivity index (χ2n) is 7.41. The number of hydrogen-bond acceptors (Lipinski definition) is 6. The maximum Gasteiger partial charge on any atom is 0.340 e. The van der Waals surface area contributed by atoms with Gasteiger partial charge in [0.25, 0.3) is 0 Å². The number of carbonyl (C=O) groups is 2. The molecule has 2 bridgehead atoms. The summed E-state index contributed by atoms with van der Waals surface area (Å²) < 4.78 is 22.7. The fraction of sp³-hybridized carbons (Fsp3) is 0.524. The van der Waals surface area contributed by atoms with Crippen molar-refractivity contribution < 1.29 is 28.5 Å². The van der Waals surface area contributed by atoms with E-state index < -0.39 is 23.1 Å². The number of ether oxygens (including phenoxy) is 4. The summed E-state index contributed by atoms with van der Waals surface area (Å²) in [5.74, 6) is -0.643. The zero-order chi connectivity index (χ0) is 19.5. The van der Waals surface area contributed by atoms with Crippen LogP contribution in [-0.2, 0) is 35.1 Å². The molecule has 0 aromatic heterocycles. The van der Waals surface area contributed by atoms with Crippen molar-refractivity contribution in [3.63, 3.8) is 0 Å². The molecule has 6 heteroatoms. The quantitative estimate of drug-likeness (QED) is 0.712. The predicted molar refractivity (Wildman–Crippen MR) is 97.6 cm³/mol. The first-order valence-corrected chi connectivity index (χ1v) is 9.20. The summed E-state index contributed by atoms with van der Waals surface area (Å²) in [5, 5.41) is 0. The van der Waals surface area contributed by atoms with E-state index in [1.54, 1.807) is 0 Å². The van der Waals surface area contributed by atoms with Crippen molar-refractivity contribution in [2.75, 3.05) is 13.7 Å². The zero-order valence-electron chi connectivity index (χ0n) is 16.1. The van der Waals surface area contributed by atoms with Gasteiger partial charge in [0.2, 0.25) is 0 Å². The van der Waals surface area contributed by atoms with Crippen LogP contribution in [0.4, 0.5) is 0 Å². The van der Waals surface area contributed by atoms with Crippen LogP contribution in [-0.4, -0.2) is 36.9 Å².